The highest BCUT2D eigenvalue weighted by atomic mass is 32.2. The van der Waals surface area contributed by atoms with Crippen molar-refractivity contribution in [2.75, 3.05) is 12.3 Å². The minimum Gasteiger partial charge on any atom is -0.399 e. The lowest BCUT2D eigenvalue weighted by atomic mass is 10.1. The van der Waals surface area contributed by atoms with Crippen molar-refractivity contribution < 1.29 is 4.74 Å². The Morgan fingerprint density at radius 3 is 2.74 bits per heavy atom. The Hall–Kier alpha value is -3.09. The van der Waals surface area contributed by atoms with Crippen molar-refractivity contribution in [1.82, 2.24) is 14.8 Å². The summed E-state index contributed by atoms with van der Waals surface area (Å²) < 4.78 is 8.11. The first-order valence-corrected chi connectivity index (χ1v) is 11.3. The van der Waals surface area contributed by atoms with Crippen molar-refractivity contribution in [2.45, 2.75) is 35.3 Å². The van der Waals surface area contributed by atoms with Crippen molar-refractivity contribution in [2.24, 2.45) is 0 Å². The number of nitrogens with two attached hydrogens (primary N) is 1. The summed E-state index contributed by atoms with van der Waals surface area (Å²) in [6.45, 7) is 0.781. The second kappa shape index (κ2) is 8.96. The first-order valence-electron chi connectivity index (χ1n) is 10.5. The molecule has 0 amide bonds. The Kier molecular flexibility index (Phi) is 5.74. The summed E-state index contributed by atoms with van der Waals surface area (Å²) in [5.41, 5.74) is 9.65. The van der Waals surface area contributed by atoms with Gasteiger partial charge in [0.05, 0.1) is 16.9 Å². The number of nitrogens with zero attached hydrogens (tertiary/aromatic N) is 3. The molecule has 3 heterocycles. The zero-order valence-electron chi connectivity index (χ0n) is 17.1. The molecule has 156 valence electrons. The van der Waals surface area contributed by atoms with Gasteiger partial charge in [-0.3, -0.25) is 4.98 Å². The number of anilines is 1. The molecule has 1 aliphatic rings. The molecule has 1 aliphatic heterocycles. The number of pyridine rings is 1. The van der Waals surface area contributed by atoms with Crippen LogP contribution in [0.4, 0.5) is 5.69 Å². The number of hydrogen-bond donors (Lipinski definition) is 1. The van der Waals surface area contributed by atoms with E-state index in [4.69, 9.17) is 15.6 Å². The van der Waals surface area contributed by atoms with Crippen molar-refractivity contribution in [1.29, 1.82) is 0 Å². The van der Waals surface area contributed by atoms with E-state index < -0.39 is 0 Å². The molecule has 0 aliphatic carbocycles. The zero-order chi connectivity index (χ0) is 21.0. The lowest BCUT2D eigenvalue weighted by molar-refractivity contribution is -0.0367. The maximum atomic E-state index is 6.06. The predicted molar refractivity (Wildman–Crippen MR) is 127 cm³/mol. The van der Waals surface area contributed by atoms with E-state index in [-0.39, 0.29) is 6.23 Å². The molecule has 2 aromatic carbocycles. The number of ether oxygens (including phenoxy) is 1. The van der Waals surface area contributed by atoms with E-state index in [2.05, 4.69) is 33.9 Å². The standard InChI is InChI=1S/C25H24N4OS/c26-18-6-5-8-20(16-18)31-21-11-12-22-23(13-10-19-7-1-3-14-27-19)28-29(24(22)17-21)25-9-2-4-15-30-25/h1,3,5-8,10-14,16-17,25H,2,4,9,15,26H2/b13-10+. The fourth-order valence-electron chi connectivity index (χ4n) is 3.82. The predicted octanol–water partition coefficient (Wildman–Crippen LogP) is 6.03. The number of nitrogen functional groups attached to an aromatic ring is 1. The zero-order valence-corrected chi connectivity index (χ0v) is 18.0. The van der Waals surface area contributed by atoms with Gasteiger partial charge < -0.3 is 10.5 Å². The van der Waals surface area contributed by atoms with Crippen LogP contribution in [-0.4, -0.2) is 21.4 Å². The lowest BCUT2D eigenvalue weighted by Gasteiger charge is -2.23. The third kappa shape index (κ3) is 4.50. The molecule has 2 N–H and O–H groups in total. The SMILES string of the molecule is Nc1cccc(Sc2ccc3c(/C=C/c4ccccn4)nn(C4CCCCO4)c3c2)c1. The Labute approximate surface area is 185 Å². The molecule has 0 bridgehead atoms. The fraction of sp³-hybridized carbons (Fsp3) is 0.200. The maximum absolute atomic E-state index is 6.06. The monoisotopic (exact) mass is 428 g/mol. The molecule has 5 nitrogen and oxygen atoms in total. The molecule has 6 heteroatoms. The van der Waals surface area contributed by atoms with Gasteiger partial charge in [0.15, 0.2) is 6.23 Å². The van der Waals surface area contributed by atoms with Gasteiger partial charge in [-0.05, 0) is 79.9 Å². The summed E-state index contributed by atoms with van der Waals surface area (Å²) in [5.74, 6) is 0. The molecule has 31 heavy (non-hydrogen) atoms. The Morgan fingerprint density at radius 1 is 1.00 bits per heavy atom. The Balaban J connectivity index is 1.54. The van der Waals surface area contributed by atoms with Crippen molar-refractivity contribution in [3.8, 4) is 0 Å². The van der Waals surface area contributed by atoms with Crippen LogP contribution in [0.5, 0.6) is 0 Å². The van der Waals surface area contributed by atoms with Gasteiger partial charge in [0.25, 0.3) is 0 Å². The largest absolute Gasteiger partial charge is 0.399 e. The molecule has 1 atom stereocenters. The first-order chi connectivity index (χ1) is 15.3. The molecule has 1 fully saturated rings. The van der Waals surface area contributed by atoms with E-state index in [1.807, 2.05) is 48.6 Å². The molecule has 1 unspecified atom stereocenters. The summed E-state index contributed by atoms with van der Waals surface area (Å²) >= 11 is 1.70. The summed E-state index contributed by atoms with van der Waals surface area (Å²) in [5, 5.41) is 6.05. The molecule has 4 aromatic rings. The third-order valence-corrected chi connectivity index (χ3v) is 6.31. The van der Waals surface area contributed by atoms with Crippen molar-refractivity contribution >= 4 is 40.5 Å². The van der Waals surface area contributed by atoms with Crippen LogP contribution in [0.1, 0.15) is 36.9 Å². The molecule has 2 aromatic heterocycles. The van der Waals surface area contributed by atoms with Gasteiger partial charge in [0.2, 0.25) is 0 Å². The minimum absolute atomic E-state index is 0.0270. The van der Waals surface area contributed by atoms with Crippen LogP contribution in [0.3, 0.4) is 0 Å². The average molecular weight is 429 g/mol. The number of hydrogen-bond acceptors (Lipinski definition) is 5. The van der Waals surface area contributed by atoms with Crippen LogP contribution < -0.4 is 5.73 Å². The van der Waals surface area contributed by atoms with Crippen LogP contribution >= 0.6 is 11.8 Å². The highest BCUT2D eigenvalue weighted by Gasteiger charge is 2.20. The highest BCUT2D eigenvalue weighted by Crippen LogP contribution is 2.34. The van der Waals surface area contributed by atoms with Crippen LogP contribution in [0, 0.1) is 0 Å². The van der Waals surface area contributed by atoms with Gasteiger partial charge in [-0.25, -0.2) is 4.68 Å². The lowest BCUT2D eigenvalue weighted by Crippen LogP contribution is -2.19. The van der Waals surface area contributed by atoms with Crippen molar-refractivity contribution in [3.63, 3.8) is 0 Å². The fourth-order valence-corrected chi connectivity index (χ4v) is 4.74. The number of rotatable bonds is 5. The van der Waals surface area contributed by atoms with Gasteiger partial charge in [-0.2, -0.15) is 5.10 Å². The van der Waals surface area contributed by atoms with Crippen LogP contribution in [0.2, 0.25) is 0 Å². The van der Waals surface area contributed by atoms with Gasteiger partial charge >= 0.3 is 0 Å². The van der Waals surface area contributed by atoms with Gasteiger partial charge in [-0.1, -0.05) is 23.9 Å². The smallest absolute Gasteiger partial charge is 0.150 e. The normalized spacial score (nSPS) is 16.8. The first kappa shape index (κ1) is 19.8. The Morgan fingerprint density at radius 2 is 1.94 bits per heavy atom. The van der Waals surface area contributed by atoms with Gasteiger partial charge in [-0.15, -0.1) is 0 Å². The van der Waals surface area contributed by atoms with Gasteiger partial charge in [0, 0.05) is 33.7 Å². The van der Waals surface area contributed by atoms with E-state index in [0.29, 0.717) is 0 Å². The molecular weight excluding hydrogens is 404 g/mol. The number of benzene rings is 2. The van der Waals surface area contributed by atoms with Crippen molar-refractivity contribution in [3.05, 3.63) is 78.2 Å². The summed E-state index contributed by atoms with van der Waals surface area (Å²) in [7, 11) is 0. The molecule has 0 spiro atoms. The average Bonchev–Trinajstić information content (AvgIpc) is 3.17. The third-order valence-electron chi connectivity index (χ3n) is 5.33. The van der Waals surface area contributed by atoms with E-state index >= 15 is 0 Å². The topological polar surface area (TPSA) is 66.0 Å². The van der Waals surface area contributed by atoms with E-state index in [0.717, 1.165) is 63.6 Å². The van der Waals surface area contributed by atoms with Crippen LogP contribution in [-0.2, 0) is 4.74 Å². The summed E-state index contributed by atoms with van der Waals surface area (Å²) in [6.07, 6.45) is 9.05. The van der Waals surface area contributed by atoms with E-state index in [1.54, 1.807) is 18.0 Å². The molecule has 0 radical (unpaired) electrons. The second-order valence-corrected chi connectivity index (χ2v) is 8.74. The van der Waals surface area contributed by atoms with Crippen LogP contribution in [0.15, 0.2) is 76.7 Å². The highest BCUT2D eigenvalue weighted by molar-refractivity contribution is 7.99. The quantitative estimate of drug-likeness (QED) is 0.393. The van der Waals surface area contributed by atoms with E-state index in [1.165, 1.54) is 0 Å². The van der Waals surface area contributed by atoms with E-state index in [9.17, 15) is 0 Å². The van der Waals surface area contributed by atoms with Gasteiger partial charge in [0.1, 0.15) is 0 Å². The number of fused-ring (bicyclic) bond motifs is 1. The second-order valence-electron chi connectivity index (χ2n) is 7.59. The summed E-state index contributed by atoms with van der Waals surface area (Å²) in [6, 6.07) is 20.3. The molecule has 0 saturated carbocycles. The number of aromatic nitrogens is 3. The Bertz CT molecular complexity index is 1210. The molecule has 5 rings (SSSR count). The minimum atomic E-state index is -0.0270. The van der Waals surface area contributed by atoms with Crippen LogP contribution in [0.25, 0.3) is 23.1 Å². The molecule has 1 saturated heterocycles. The molecular formula is C25H24N4OS. The summed E-state index contributed by atoms with van der Waals surface area (Å²) in [4.78, 5) is 6.65. The maximum Gasteiger partial charge on any atom is 0.150 e.